The van der Waals surface area contributed by atoms with Crippen molar-refractivity contribution in [3.05, 3.63) is 33.4 Å². The zero-order valence-corrected chi connectivity index (χ0v) is 10.6. The number of hydrogen-bond acceptors (Lipinski definition) is 1. The van der Waals surface area contributed by atoms with Crippen molar-refractivity contribution in [1.82, 2.24) is 5.32 Å². The fourth-order valence-corrected chi connectivity index (χ4v) is 1.73. The molecule has 1 N–H and O–H groups in total. The topological polar surface area (TPSA) is 29.1 Å². The van der Waals surface area contributed by atoms with Crippen LogP contribution in [0.5, 0.6) is 0 Å². The van der Waals surface area contributed by atoms with E-state index in [-0.39, 0.29) is 5.91 Å². The number of nitrogens with one attached hydrogen (secondary N) is 1. The monoisotopic (exact) mass is 353 g/mol. The first kappa shape index (κ1) is 11.0. The molecule has 0 heterocycles. The van der Waals surface area contributed by atoms with Gasteiger partial charge in [0, 0.05) is 15.4 Å². The molecule has 0 aromatic heterocycles. The second-order valence-electron chi connectivity index (χ2n) is 2.42. The Morgan fingerprint density at radius 3 is 2.77 bits per heavy atom. The molecule has 0 saturated heterocycles. The maximum Gasteiger partial charge on any atom is 0.252 e. The summed E-state index contributed by atoms with van der Waals surface area (Å²) in [6.45, 7) is 0.657. The molecular formula is C9H9BrINO. The maximum absolute atomic E-state index is 11.5. The Morgan fingerprint density at radius 1 is 1.46 bits per heavy atom. The highest BCUT2D eigenvalue weighted by molar-refractivity contribution is 14.1. The van der Waals surface area contributed by atoms with Crippen molar-refractivity contribution in [3.63, 3.8) is 0 Å². The summed E-state index contributed by atoms with van der Waals surface area (Å²) in [7, 11) is 0. The smallest absolute Gasteiger partial charge is 0.252 e. The molecule has 1 amide bonds. The lowest BCUT2D eigenvalue weighted by molar-refractivity contribution is 0.0955. The first-order valence-corrected chi connectivity index (χ1v) is 6.04. The van der Waals surface area contributed by atoms with Crippen LogP contribution in [0.1, 0.15) is 10.4 Å². The van der Waals surface area contributed by atoms with Crippen molar-refractivity contribution in [2.45, 2.75) is 0 Å². The number of alkyl halides is 1. The number of rotatable bonds is 3. The Balaban J connectivity index is 2.71. The van der Waals surface area contributed by atoms with Gasteiger partial charge in [-0.15, -0.1) is 0 Å². The third kappa shape index (κ3) is 3.27. The van der Waals surface area contributed by atoms with Crippen LogP contribution >= 0.6 is 38.5 Å². The molecule has 4 heteroatoms. The Bertz CT molecular complexity index is 303. The van der Waals surface area contributed by atoms with E-state index < -0.39 is 0 Å². The van der Waals surface area contributed by atoms with Crippen LogP contribution in [0.15, 0.2) is 24.3 Å². The van der Waals surface area contributed by atoms with Crippen LogP contribution in [-0.4, -0.2) is 17.8 Å². The highest BCUT2D eigenvalue weighted by atomic mass is 127. The maximum atomic E-state index is 11.5. The van der Waals surface area contributed by atoms with Gasteiger partial charge in [0.2, 0.25) is 0 Å². The molecule has 0 saturated carbocycles. The van der Waals surface area contributed by atoms with Crippen LogP contribution in [0.3, 0.4) is 0 Å². The predicted octanol–water partition coefficient (Wildman–Crippen LogP) is 2.42. The molecule has 0 unspecified atom stereocenters. The summed E-state index contributed by atoms with van der Waals surface area (Å²) in [5.41, 5.74) is 0.740. The SMILES string of the molecule is O=C(NCCBr)c1ccccc1I. The van der Waals surface area contributed by atoms with E-state index in [1.54, 1.807) is 0 Å². The fourth-order valence-electron chi connectivity index (χ4n) is 0.901. The van der Waals surface area contributed by atoms with E-state index in [1.165, 1.54) is 0 Å². The molecule has 0 bridgehead atoms. The van der Waals surface area contributed by atoms with Gasteiger partial charge < -0.3 is 5.32 Å². The van der Waals surface area contributed by atoms with Crippen molar-refractivity contribution in [3.8, 4) is 0 Å². The fraction of sp³-hybridized carbons (Fsp3) is 0.222. The number of carbonyl (C=O) groups excluding carboxylic acids is 1. The summed E-state index contributed by atoms with van der Waals surface area (Å²) in [5.74, 6) is -0.00977. The molecule has 0 aliphatic rings. The minimum atomic E-state index is -0.00977. The summed E-state index contributed by atoms with van der Waals surface area (Å²) in [5, 5.41) is 3.58. The second-order valence-corrected chi connectivity index (χ2v) is 4.38. The predicted molar refractivity (Wildman–Crippen MR) is 65.3 cm³/mol. The van der Waals surface area contributed by atoms with Gasteiger partial charge in [-0.3, -0.25) is 4.79 Å². The van der Waals surface area contributed by atoms with E-state index in [2.05, 4.69) is 43.8 Å². The van der Waals surface area contributed by atoms with Gasteiger partial charge in [-0.25, -0.2) is 0 Å². The van der Waals surface area contributed by atoms with E-state index >= 15 is 0 Å². The van der Waals surface area contributed by atoms with Crippen LogP contribution in [0.2, 0.25) is 0 Å². The Hall–Kier alpha value is -0.100. The number of amides is 1. The van der Waals surface area contributed by atoms with Crippen molar-refractivity contribution in [1.29, 1.82) is 0 Å². The number of carbonyl (C=O) groups is 1. The van der Waals surface area contributed by atoms with Crippen LogP contribution in [0, 0.1) is 3.57 Å². The van der Waals surface area contributed by atoms with Crippen molar-refractivity contribution >= 4 is 44.4 Å². The summed E-state index contributed by atoms with van der Waals surface area (Å²) in [4.78, 5) is 11.5. The molecule has 0 aliphatic heterocycles. The van der Waals surface area contributed by atoms with Crippen molar-refractivity contribution in [2.24, 2.45) is 0 Å². The minimum absolute atomic E-state index is 0.00977. The minimum Gasteiger partial charge on any atom is -0.351 e. The summed E-state index contributed by atoms with van der Waals surface area (Å²) in [6.07, 6.45) is 0. The molecule has 1 aromatic rings. The third-order valence-corrected chi connectivity index (χ3v) is 2.84. The quantitative estimate of drug-likeness (QED) is 0.656. The second kappa shape index (κ2) is 5.59. The van der Waals surface area contributed by atoms with E-state index in [0.717, 1.165) is 14.5 Å². The van der Waals surface area contributed by atoms with E-state index in [4.69, 9.17) is 0 Å². The summed E-state index contributed by atoms with van der Waals surface area (Å²) in [6, 6.07) is 7.53. The van der Waals surface area contributed by atoms with Crippen LogP contribution in [0.4, 0.5) is 0 Å². The van der Waals surface area contributed by atoms with Gasteiger partial charge >= 0.3 is 0 Å². The van der Waals surface area contributed by atoms with Crippen molar-refractivity contribution < 1.29 is 4.79 Å². The van der Waals surface area contributed by atoms with Gasteiger partial charge in [0.1, 0.15) is 0 Å². The van der Waals surface area contributed by atoms with E-state index in [1.807, 2.05) is 24.3 Å². The highest BCUT2D eigenvalue weighted by Crippen LogP contribution is 2.10. The average Bonchev–Trinajstić information content (AvgIpc) is 2.15. The van der Waals surface area contributed by atoms with Gasteiger partial charge in [-0.1, -0.05) is 28.1 Å². The molecule has 0 atom stereocenters. The Morgan fingerprint density at radius 2 is 2.15 bits per heavy atom. The molecule has 13 heavy (non-hydrogen) atoms. The molecule has 70 valence electrons. The third-order valence-electron chi connectivity index (χ3n) is 1.50. The van der Waals surface area contributed by atoms with Gasteiger partial charge in [-0.05, 0) is 34.7 Å². The average molecular weight is 354 g/mol. The number of benzene rings is 1. The zero-order chi connectivity index (χ0) is 9.68. The molecule has 2 nitrogen and oxygen atoms in total. The lowest BCUT2D eigenvalue weighted by Gasteiger charge is -2.04. The van der Waals surface area contributed by atoms with Gasteiger partial charge in [0.25, 0.3) is 5.91 Å². The normalized spacial score (nSPS) is 9.69. The van der Waals surface area contributed by atoms with Crippen LogP contribution < -0.4 is 5.32 Å². The van der Waals surface area contributed by atoms with E-state index in [0.29, 0.717) is 6.54 Å². The van der Waals surface area contributed by atoms with Crippen LogP contribution in [-0.2, 0) is 0 Å². The molecule has 0 radical (unpaired) electrons. The highest BCUT2D eigenvalue weighted by Gasteiger charge is 2.06. The molecule has 0 spiro atoms. The number of hydrogen-bond donors (Lipinski definition) is 1. The lowest BCUT2D eigenvalue weighted by atomic mass is 10.2. The largest absolute Gasteiger partial charge is 0.351 e. The molecular weight excluding hydrogens is 345 g/mol. The van der Waals surface area contributed by atoms with Crippen LogP contribution in [0.25, 0.3) is 0 Å². The molecule has 0 fully saturated rings. The standard InChI is InChI=1S/C9H9BrINO/c10-5-6-12-9(13)7-3-1-2-4-8(7)11/h1-4H,5-6H2,(H,12,13). The summed E-state index contributed by atoms with van der Waals surface area (Å²) >= 11 is 5.41. The Labute approximate surface area is 99.4 Å². The number of halogens is 2. The first-order valence-electron chi connectivity index (χ1n) is 3.84. The first-order chi connectivity index (χ1) is 6.25. The van der Waals surface area contributed by atoms with Gasteiger partial charge in [0.05, 0.1) is 5.56 Å². The molecule has 1 rings (SSSR count). The summed E-state index contributed by atoms with van der Waals surface area (Å²) < 4.78 is 0.979. The molecule has 1 aromatic carbocycles. The van der Waals surface area contributed by atoms with Gasteiger partial charge in [0.15, 0.2) is 0 Å². The Kier molecular flexibility index (Phi) is 4.72. The lowest BCUT2D eigenvalue weighted by Crippen LogP contribution is -2.25. The zero-order valence-electron chi connectivity index (χ0n) is 6.89. The van der Waals surface area contributed by atoms with E-state index in [9.17, 15) is 4.79 Å². The van der Waals surface area contributed by atoms with Crippen molar-refractivity contribution in [2.75, 3.05) is 11.9 Å². The van der Waals surface area contributed by atoms with Gasteiger partial charge in [-0.2, -0.15) is 0 Å². The molecule has 0 aliphatic carbocycles.